The van der Waals surface area contributed by atoms with Crippen LogP contribution in [0.1, 0.15) is 49.5 Å². The Morgan fingerprint density at radius 3 is 2.93 bits per heavy atom. The second-order valence-corrected chi connectivity index (χ2v) is 7.69. The van der Waals surface area contributed by atoms with Crippen molar-refractivity contribution in [1.29, 1.82) is 0 Å². The van der Waals surface area contributed by atoms with Crippen molar-refractivity contribution in [2.45, 2.75) is 44.8 Å². The fourth-order valence-corrected chi connectivity index (χ4v) is 4.21. The molecule has 1 unspecified atom stereocenters. The summed E-state index contributed by atoms with van der Waals surface area (Å²) in [6.45, 7) is 4.25. The van der Waals surface area contributed by atoms with Gasteiger partial charge in [0, 0.05) is 31.6 Å². The molecule has 0 bridgehead atoms. The number of aromatic nitrogens is 3. The molecule has 1 fully saturated rings. The molecule has 0 aliphatic carbocycles. The van der Waals surface area contributed by atoms with Crippen molar-refractivity contribution in [2.24, 2.45) is 7.05 Å². The number of aliphatic hydroxyl groups excluding tert-OH is 1. The molecule has 8 heteroatoms. The molecule has 158 valence electrons. The van der Waals surface area contributed by atoms with Gasteiger partial charge < -0.3 is 19.9 Å². The van der Waals surface area contributed by atoms with Crippen LogP contribution in [0.15, 0.2) is 18.2 Å². The molecule has 4 rings (SSSR count). The molecule has 2 aliphatic heterocycles. The lowest BCUT2D eigenvalue weighted by Crippen LogP contribution is -2.36. The Labute approximate surface area is 171 Å². The normalized spacial score (nSPS) is 19.4. The lowest BCUT2D eigenvalue weighted by Gasteiger charge is -2.38. The summed E-state index contributed by atoms with van der Waals surface area (Å²) in [6.07, 6.45) is 5.80. The Morgan fingerprint density at radius 1 is 1.28 bits per heavy atom. The van der Waals surface area contributed by atoms with Crippen molar-refractivity contribution in [1.82, 2.24) is 19.7 Å². The molecule has 29 heavy (non-hydrogen) atoms. The van der Waals surface area contributed by atoms with Gasteiger partial charge in [-0.15, -0.1) is 0 Å². The van der Waals surface area contributed by atoms with Crippen LogP contribution >= 0.6 is 0 Å². The molecule has 0 spiro atoms. The van der Waals surface area contributed by atoms with Gasteiger partial charge in [0.05, 0.1) is 13.2 Å². The molecule has 0 saturated carbocycles. The molecular weight excluding hydrogens is 370 g/mol. The average molecular weight is 402 g/mol. The zero-order valence-electron chi connectivity index (χ0n) is 17.1. The van der Waals surface area contributed by atoms with Crippen molar-refractivity contribution in [3.8, 4) is 11.5 Å². The van der Waals surface area contributed by atoms with E-state index in [0.717, 1.165) is 30.9 Å². The monoisotopic (exact) mass is 401 g/mol. The van der Waals surface area contributed by atoms with Gasteiger partial charge in [0.1, 0.15) is 6.61 Å². The number of hydrogen-bond donors (Lipinski definition) is 2. The molecule has 1 saturated heterocycles. The van der Waals surface area contributed by atoms with Gasteiger partial charge in [-0.25, -0.2) is 4.68 Å². The van der Waals surface area contributed by atoms with Gasteiger partial charge in [-0.3, -0.25) is 4.90 Å². The molecule has 1 aromatic heterocycles. The van der Waals surface area contributed by atoms with E-state index in [0.29, 0.717) is 31.0 Å². The highest BCUT2D eigenvalue weighted by Gasteiger charge is 2.29. The van der Waals surface area contributed by atoms with Gasteiger partial charge in [-0.1, -0.05) is 18.6 Å². The fraction of sp³-hybridized carbons (Fsp3) is 0.619. The maximum absolute atomic E-state index is 9.11. The summed E-state index contributed by atoms with van der Waals surface area (Å²) < 4.78 is 13.7. The van der Waals surface area contributed by atoms with Gasteiger partial charge in [-0.2, -0.15) is 10.1 Å². The van der Waals surface area contributed by atoms with Gasteiger partial charge in [0.25, 0.3) is 0 Å². The lowest BCUT2D eigenvalue weighted by molar-refractivity contribution is 0.116. The van der Waals surface area contributed by atoms with Crippen molar-refractivity contribution in [3.63, 3.8) is 0 Å². The molecule has 2 aliphatic rings. The standard InChI is InChI=1S/C21H31N5O3/c1-25-21(23-19(15-27)24-25)22-10-6-13-28-18-8-5-7-16-17(9-14-29-20(16)18)26-11-3-2-4-12-26/h5,7-8,17,27H,2-4,6,9-15H2,1H3,(H,22,23,24). The van der Waals surface area contributed by atoms with Crippen molar-refractivity contribution >= 4 is 5.95 Å². The Kier molecular flexibility index (Phi) is 6.51. The van der Waals surface area contributed by atoms with Gasteiger partial charge in [0.15, 0.2) is 17.3 Å². The number of aliphatic hydroxyl groups is 1. The number of ether oxygens (including phenoxy) is 2. The minimum atomic E-state index is -0.157. The molecule has 3 heterocycles. The van der Waals surface area contributed by atoms with Crippen LogP contribution in [0.25, 0.3) is 0 Å². The van der Waals surface area contributed by atoms with E-state index >= 15 is 0 Å². The highest BCUT2D eigenvalue weighted by Crippen LogP contribution is 2.42. The smallest absolute Gasteiger partial charge is 0.221 e. The van der Waals surface area contributed by atoms with Crippen LogP contribution in [0.4, 0.5) is 5.95 Å². The zero-order valence-corrected chi connectivity index (χ0v) is 17.1. The number of likely N-dealkylation sites (tertiary alicyclic amines) is 1. The fourth-order valence-electron chi connectivity index (χ4n) is 4.21. The maximum Gasteiger partial charge on any atom is 0.221 e. The predicted octanol–water partition coefficient (Wildman–Crippen LogP) is 2.50. The van der Waals surface area contributed by atoms with Crippen LogP contribution in [-0.4, -0.2) is 57.6 Å². The van der Waals surface area contributed by atoms with Crippen molar-refractivity contribution < 1.29 is 14.6 Å². The maximum atomic E-state index is 9.11. The third-order valence-corrected chi connectivity index (χ3v) is 5.65. The molecule has 1 aromatic carbocycles. The van der Waals surface area contributed by atoms with Crippen LogP contribution in [0.3, 0.4) is 0 Å². The summed E-state index contributed by atoms with van der Waals surface area (Å²) >= 11 is 0. The van der Waals surface area contributed by atoms with Crippen LogP contribution in [-0.2, 0) is 13.7 Å². The third-order valence-electron chi connectivity index (χ3n) is 5.65. The number of fused-ring (bicyclic) bond motifs is 1. The van der Waals surface area contributed by atoms with Gasteiger partial charge in [-0.05, 0) is 38.4 Å². The van der Waals surface area contributed by atoms with Crippen molar-refractivity contribution in [3.05, 3.63) is 29.6 Å². The summed E-state index contributed by atoms with van der Waals surface area (Å²) in [6, 6.07) is 6.71. The van der Waals surface area contributed by atoms with Crippen LogP contribution < -0.4 is 14.8 Å². The quantitative estimate of drug-likeness (QED) is 0.658. The molecule has 0 amide bonds. The van der Waals surface area contributed by atoms with Crippen LogP contribution in [0.5, 0.6) is 11.5 Å². The number of para-hydroxylation sites is 1. The van der Waals surface area contributed by atoms with E-state index in [9.17, 15) is 0 Å². The SMILES string of the molecule is Cn1nc(CO)nc1NCCCOc1cccc2c1OCCC2N1CCCCC1. The van der Waals surface area contributed by atoms with E-state index in [1.165, 1.54) is 37.9 Å². The third kappa shape index (κ3) is 4.64. The number of benzene rings is 1. The highest BCUT2D eigenvalue weighted by atomic mass is 16.5. The molecule has 0 radical (unpaired) electrons. The van der Waals surface area contributed by atoms with E-state index in [1.807, 2.05) is 6.07 Å². The van der Waals surface area contributed by atoms with Crippen molar-refractivity contribution in [2.75, 3.05) is 38.2 Å². The van der Waals surface area contributed by atoms with Gasteiger partial charge in [0.2, 0.25) is 5.95 Å². The summed E-state index contributed by atoms with van der Waals surface area (Å²) in [5.41, 5.74) is 1.27. The number of nitrogens with one attached hydrogen (secondary N) is 1. The Morgan fingerprint density at radius 2 is 2.14 bits per heavy atom. The van der Waals surface area contributed by atoms with E-state index in [-0.39, 0.29) is 6.61 Å². The number of aryl methyl sites for hydroxylation is 1. The summed E-state index contributed by atoms with van der Waals surface area (Å²) in [5, 5.41) is 16.4. The molecule has 8 nitrogen and oxygen atoms in total. The first kappa shape index (κ1) is 20.0. The Balaban J connectivity index is 1.32. The second kappa shape index (κ2) is 9.45. The number of nitrogens with zero attached hydrogens (tertiary/aromatic N) is 4. The zero-order chi connectivity index (χ0) is 20.1. The average Bonchev–Trinajstić information content (AvgIpc) is 3.13. The minimum absolute atomic E-state index is 0.157. The number of anilines is 1. The van der Waals surface area contributed by atoms with E-state index in [1.54, 1.807) is 11.7 Å². The number of rotatable bonds is 8. The number of piperidine rings is 1. The first-order valence-electron chi connectivity index (χ1n) is 10.6. The minimum Gasteiger partial charge on any atom is -0.490 e. The van der Waals surface area contributed by atoms with E-state index in [4.69, 9.17) is 14.6 Å². The molecule has 2 N–H and O–H groups in total. The Hall–Kier alpha value is -2.32. The van der Waals surface area contributed by atoms with E-state index < -0.39 is 0 Å². The summed E-state index contributed by atoms with van der Waals surface area (Å²) in [7, 11) is 1.80. The largest absolute Gasteiger partial charge is 0.490 e. The number of hydrogen-bond acceptors (Lipinski definition) is 7. The van der Waals surface area contributed by atoms with Crippen LogP contribution in [0, 0.1) is 0 Å². The molecule has 1 atom stereocenters. The molecular formula is C21H31N5O3. The van der Waals surface area contributed by atoms with E-state index in [2.05, 4.69) is 32.4 Å². The Bertz CT molecular complexity index is 804. The second-order valence-electron chi connectivity index (χ2n) is 7.69. The predicted molar refractivity (Wildman–Crippen MR) is 110 cm³/mol. The first-order chi connectivity index (χ1) is 14.3. The van der Waals surface area contributed by atoms with Crippen LogP contribution in [0.2, 0.25) is 0 Å². The summed E-state index contributed by atoms with van der Waals surface area (Å²) in [5.74, 6) is 2.83. The highest BCUT2D eigenvalue weighted by molar-refractivity contribution is 5.49. The van der Waals surface area contributed by atoms with Gasteiger partial charge >= 0.3 is 0 Å². The molecule has 2 aromatic rings. The lowest BCUT2D eigenvalue weighted by atomic mass is 9.96. The summed E-state index contributed by atoms with van der Waals surface area (Å²) in [4.78, 5) is 6.83. The topological polar surface area (TPSA) is 84.7 Å². The first-order valence-corrected chi connectivity index (χ1v) is 10.6.